The van der Waals surface area contributed by atoms with Gasteiger partial charge in [0.1, 0.15) is 11.1 Å². The molecule has 120 valence electrons. The zero-order chi connectivity index (χ0) is 16.2. The van der Waals surface area contributed by atoms with Crippen molar-refractivity contribution >= 4 is 11.8 Å². The first-order valence-corrected chi connectivity index (χ1v) is 9.03. The number of thioether (sulfide) groups is 1. The number of tetrazole rings is 1. The van der Waals surface area contributed by atoms with Crippen LogP contribution in [0.5, 0.6) is 0 Å². The van der Waals surface area contributed by atoms with Gasteiger partial charge >= 0.3 is 0 Å². The largest absolute Gasteiger partial charge is 0.245 e. The van der Waals surface area contributed by atoms with Crippen molar-refractivity contribution < 1.29 is 0 Å². The van der Waals surface area contributed by atoms with Gasteiger partial charge in [-0.3, -0.25) is 0 Å². The molecule has 0 unspecified atom stereocenters. The number of aromatic nitrogens is 5. The second-order valence-corrected chi connectivity index (χ2v) is 6.73. The molecule has 0 radical (unpaired) electrons. The van der Waals surface area contributed by atoms with Crippen LogP contribution in [-0.2, 0) is 25.1 Å². The van der Waals surface area contributed by atoms with Gasteiger partial charge in [-0.15, -0.1) is 5.10 Å². The molecule has 0 saturated carbocycles. The van der Waals surface area contributed by atoms with Crippen LogP contribution in [0.2, 0.25) is 0 Å². The number of aryl methyl sites for hydroxylation is 2. The van der Waals surface area contributed by atoms with Gasteiger partial charge in [-0.1, -0.05) is 25.1 Å². The predicted octanol–water partition coefficient (Wildman–Crippen LogP) is 2.83. The molecular weight excluding hydrogens is 308 g/mol. The molecule has 7 heteroatoms. The summed E-state index contributed by atoms with van der Waals surface area (Å²) in [5, 5.41) is 22.2. The summed E-state index contributed by atoms with van der Waals surface area (Å²) >= 11 is 1.56. The minimum absolute atomic E-state index is 0.636. The van der Waals surface area contributed by atoms with Gasteiger partial charge in [0, 0.05) is 12.2 Å². The lowest BCUT2D eigenvalue weighted by atomic mass is 10.0. The zero-order valence-electron chi connectivity index (χ0n) is 13.5. The summed E-state index contributed by atoms with van der Waals surface area (Å²) in [6, 6.07) is 2.33. The molecule has 0 amide bonds. The lowest BCUT2D eigenvalue weighted by Crippen LogP contribution is -2.06. The van der Waals surface area contributed by atoms with Crippen LogP contribution in [0.15, 0.2) is 5.03 Å². The van der Waals surface area contributed by atoms with Gasteiger partial charge in [-0.2, -0.15) is 5.26 Å². The number of fused-ring (bicyclic) bond motifs is 1. The zero-order valence-corrected chi connectivity index (χ0v) is 14.4. The van der Waals surface area contributed by atoms with Crippen LogP contribution in [0.4, 0.5) is 0 Å². The number of nitriles is 1. The molecule has 0 spiro atoms. The molecule has 2 aromatic rings. The van der Waals surface area contributed by atoms with Gasteiger partial charge in [-0.25, -0.2) is 9.67 Å². The summed E-state index contributed by atoms with van der Waals surface area (Å²) in [5.74, 6) is 1.48. The van der Waals surface area contributed by atoms with Gasteiger partial charge in [0.15, 0.2) is 5.82 Å². The highest BCUT2D eigenvalue weighted by molar-refractivity contribution is 7.98. The summed E-state index contributed by atoms with van der Waals surface area (Å²) < 4.78 is 1.85. The van der Waals surface area contributed by atoms with Crippen LogP contribution < -0.4 is 0 Å². The third kappa shape index (κ3) is 3.22. The molecule has 0 fully saturated rings. The summed E-state index contributed by atoms with van der Waals surface area (Å²) in [5.41, 5.74) is 4.25. The third-order valence-corrected chi connectivity index (χ3v) is 5.22. The number of nitrogens with zero attached hydrogens (tertiary/aromatic N) is 6. The van der Waals surface area contributed by atoms with Gasteiger partial charge in [-0.05, 0) is 54.2 Å². The second-order valence-electron chi connectivity index (χ2n) is 5.77. The molecule has 3 rings (SSSR count). The highest BCUT2D eigenvalue weighted by atomic mass is 32.2. The summed E-state index contributed by atoms with van der Waals surface area (Å²) in [7, 11) is 0. The minimum atomic E-state index is 0.636. The molecule has 6 nitrogen and oxygen atoms in total. The average Bonchev–Trinajstić information content (AvgIpc) is 3.20. The number of pyridine rings is 1. The Hall–Kier alpha value is -1.94. The fourth-order valence-electron chi connectivity index (χ4n) is 2.92. The Morgan fingerprint density at radius 2 is 2.22 bits per heavy atom. The molecule has 0 N–H and O–H groups in total. The SMILES string of the molecule is CCCCn1nnnc1CSc1nc2c(c(C)c1C#N)CCC2. The Kier molecular flexibility index (Phi) is 4.91. The van der Waals surface area contributed by atoms with Crippen LogP contribution in [0.25, 0.3) is 0 Å². The third-order valence-electron chi connectivity index (χ3n) is 4.25. The number of hydrogen-bond donors (Lipinski definition) is 0. The molecule has 0 aliphatic heterocycles. The second kappa shape index (κ2) is 7.09. The molecule has 0 saturated heterocycles. The van der Waals surface area contributed by atoms with E-state index in [9.17, 15) is 5.26 Å². The Balaban J connectivity index is 1.80. The first-order valence-electron chi connectivity index (χ1n) is 8.04. The monoisotopic (exact) mass is 328 g/mol. The fourth-order valence-corrected chi connectivity index (χ4v) is 3.91. The number of hydrogen-bond acceptors (Lipinski definition) is 6. The minimum Gasteiger partial charge on any atom is -0.245 e. The van der Waals surface area contributed by atoms with E-state index >= 15 is 0 Å². The van der Waals surface area contributed by atoms with E-state index in [-0.39, 0.29) is 0 Å². The van der Waals surface area contributed by atoms with Crippen molar-refractivity contribution in [1.29, 1.82) is 5.26 Å². The van der Waals surface area contributed by atoms with Gasteiger partial charge in [0.2, 0.25) is 0 Å². The Morgan fingerprint density at radius 3 is 3.00 bits per heavy atom. The summed E-state index contributed by atoms with van der Waals surface area (Å²) in [6.07, 6.45) is 5.36. The molecule has 0 bridgehead atoms. The maximum absolute atomic E-state index is 9.51. The van der Waals surface area contributed by atoms with E-state index in [1.54, 1.807) is 11.8 Å². The Labute approximate surface area is 140 Å². The van der Waals surface area contributed by atoms with E-state index in [0.29, 0.717) is 11.3 Å². The lowest BCUT2D eigenvalue weighted by Gasteiger charge is -2.10. The lowest BCUT2D eigenvalue weighted by molar-refractivity contribution is 0.540. The van der Waals surface area contributed by atoms with Gasteiger partial charge in [0.25, 0.3) is 0 Å². The molecule has 2 heterocycles. The molecule has 1 aliphatic carbocycles. The van der Waals surface area contributed by atoms with Crippen molar-refractivity contribution in [3.8, 4) is 6.07 Å². The summed E-state index contributed by atoms with van der Waals surface area (Å²) in [6.45, 7) is 5.02. The molecule has 0 aromatic carbocycles. The molecule has 0 atom stereocenters. The maximum atomic E-state index is 9.51. The fraction of sp³-hybridized carbons (Fsp3) is 0.562. The van der Waals surface area contributed by atoms with Gasteiger partial charge in [0.05, 0.1) is 11.3 Å². The van der Waals surface area contributed by atoms with E-state index < -0.39 is 0 Å². The predicted molar refractivity (Wildman–Crippen MR) is 88.0 cm³/mol. The quantitative estimate of drug-likeness (QED) is 0.759. The molecule has 2 aromatic heterocycles. The highest BCUT2D eigenvalue weighted by Crippen LogP contribution is 2.32. The van der Waals surface area contributed by atoms with Crippen LogP contribution >= 0.6 is 11.8 Å². The molecule has 23 heavy (non-hydrogen) atoms. The van der Waals surface area contributed by atoms with Crippen LogP contribution in [0, 0.1) is 18.3 Å². The van der Waals surface area contributed by atoms with Crippen LogP contribution in [0.1, 0.15) is 54.4 Å². The van der Waals surface area contributed by atoms with Crippen molar-refractivity contribution in [2.45, 2.75) is 63.3 Å². The van der Waals surface area contributed by atoms with E-state index in [1.165, 1.54) is 5.56 Å². The first kappa shape index (κ1) is 15.9. The maximum Gasteiger partial charge on any atom is 0.161 e. The van der Waals surface area contributed by atoms with Gasteiger partial charge < -0.3 is 0 Å². The number of unbranched alkanes of at least 4 members (excludes halogenated alkanes) is 1. The van der Waals surface area contributed by atoms with Crippen LogP contribution in [0.3, 0.4) is 0 Å². The van der Waals surface area contributed by atoms with E-state index in [1.807, 2.05) is 11.6 Å². The van der Waals surface area contributed by atoms with Crippen molar-refractivity contribution in [2.24, 2.45) is 0 Å². The normalized spacial score (nSPS) is 13.1. The average molecular weight is 328 g/mol. The Morgan fingerprint density at radius 1 is 1.35 bits per heavy atom. The van der Waals surface area contributed by atoms with E-state index in [2.05, 4.69) is 28.5 Å². The standard InChI is InChI=1S/C16H20N6S/c1-3-4-8-22-15(19-20-21-22)10-23-16-13(9-17)11(2)12-6-5-7-14(12)18-16/h3-8,10H2,1-2H3. The number of rotatable bonds is 6. The van der Waals surface area contributed by atoms with E-state index in [0.717, 1.165) is 60.8 Å². The van der Waals surface area contributed by atoms with Crippen molar-refractivity contribution in [3.63, 3.8) is 0 Å². The molecular formula is C16H20N6S. The highest BCUT2D eigenvalue weighted by Gasteiger charge is 2.21. The van der Waals surface area contributed by atoms with Crippen molar-refractivity contribution in [2.75, 3.05) is 0 Å². The first-order chi connectivity index (χ1) is 11.2. The molecule has 1 aliphatic rings. The van der Waals surface area contributed by atoms with Crippen molar-refractivity contribution in [1.82, 2.24) is 25.2 Å². The topological polar surface area (TPSA) is 80.3 Å². The Bertz CT molecular complexity index is 746. The van der Waals surface area contributed by atoms with Crippen molar-refractivity contribution in [3.05, 3.63) is 28.2 Å². The summed E-state index contributed by atoms with van der Waals surface area (Å²) in [4.78, 5) is 4.74. The van der Waals surface area contributed by atoms with E-state index in [4.69, 9.17) is 4.98 Å². The smallest absolute Gasteiger partial charge is 0.161 e. The van der Waals surface area contributed by atoms with Crippen LogP contribution in [-0.4, -0.2) is 25.2 Å².